The van der Waals surface area contributed by atoms with Crippen LogP contribution in [-0.4, -0.2) is 5.11 Å². The molecule has 1 N–H and O–H groups in total. The van der Waals surface area contributed by atoms with E-state index in [0.29, 0.717) is 0 Å². The summed E-state index contributed by atoms with van der Waals surface area (Å²) in [6.07, 6.45) is 3.37. The molecule has 70 valence electrons. The molecule has 1 heterocycles. The average Bonchev–Trinajstić information content (AvgIpc) is 2.50. The standard InChI is InChI=1S/C8H14NOS.BrH/c1-3-7(10)9-5-6-11-8(9)4-2;/h5-7,10H,3-4H2,1-2H3;1H/q+1;/p-1. The molecule has 12 heavy (non-hydrogen) atoms. The second-order valence-electron chi connectivity index (χ2n) is 2.45. The van der Waals surface area contributed by atoms with Crippen LogP contribution >= 0.6 is 11.3 Å². The highest BCUT2D eigenvalue weighted by Crippen LogP contribution is 2.07. The van der Waals surface area contributed by atoms with E-state index in [0.717, 1.165) is 12.8 Å². The van der Waals surface area contributed by atoms with Gasteiger partial charge < -0.3 is 22.1 Å². The van der Waals surface area contributed by atoms with Crippen molar-refractivity contribution in [1.29, 1.82) is 0 Å². The molecule has 1 aromatic heterocycles. The first-order valence-electron chi connectivity index (χ1n) is 3.95. The number of hydrogen-bond donors (Lipinski definition) is 1. The highest BCUT2D eigenvalue weighted by molar-refractivity contribution is 7.09. The predicted molar refractivity (Wildman–Crippen MR) is 45.4 cm³/mol. The maximum atomic E-state index is 9.50. The van der Waals surface area contributed by atoms with Gasteiger partial charge in [-0.3, -0.25) is 0 Å². The van der Waals surface area contributed by atoms with Crippen LogP contribution in [0.4, 0.5) is 0 Å². The molecule has 1 rings (SSSR count). The third-order valence-electron chi connectivity index (χ3n) is 1.70. The molecule has 0 aliphatic carbocycles. The fourth-order valence-electron chi connectivity index (χ4n) is 1.05. The molecule has 1 aromatic rings. The van der Waals surface area contributed by atoms with Gasteiger partial charge in [0.1, 0.15) is 0 Å². The fraction of sp³-hybridized carbons (Fsp3) is 0.625. The van der Waals surface area contributed by atoms with Gasteiger partial charge in [0.05, 0.1) is 5.38 Å². The van der Waals surface area contributed by atoms with E-state index in [1.165, 1.54) is 5.01 Å². The smallest absolute Gasteiger partial charge is 0.260 e. The third kappa shape index (κ3) is 2.54. The largest absolute Gasteiger partial charge is 1.00 e. The van der Waals surface area contributed by atoms with Gasteiger partial charge in [-0.2, -0.15) is 4.57 Å². The summed E-state index contributed by atoms with van der Waals surface area (Å²) in [7, 11) is 0. The Bertz CT molecular complexity index is 227. The lowest BCUT2D eigenvalue weighted by molar-refractivity contribution is -0.761. The molecule has 0 bridgehead atoms. The van der Waals surface area contributed by atoms with Crippen molar-refractivity contribution in [2.45, 2.75) is 32.9 Å². The van der Waals surface area contributed by atoms with Crippen molar-refractivity contribution in [3.8, 4) is 0 Å². The van der Waals surface area contributed by atoms with E-state index in [1.54, 1.807) is 11.3 Å². The van der Waals surface area contributed by atoms with Crippen molar-refractivity contribution < 1.29 is 26.7 Å². The van der Waals surface area contributed by atoms with Crippen LogP contribution in [0.2, 0.25) is 0 Å². The number of rotatable bonds is 3. The van der Waals surface area contributed by atoms with E-state index in [-0.39, 0.29) is 23.2 Å². The summed E-state index contributed by atoms with van der Waals surface area (Å²) in [5.41, 5.74) is 0. The molecular weight excluding hydrogens is 238 g/mol. The molecule has 0 aliphatic rings. The van der Waals surface area contributed by atoms with E-state index in [9.17, 15) is 5.11 Å². The second-order valence-corrected chi connectivity index (χ2v) is 3.43. The van der Waals surface area contributed by atoms with Gasteiger partial charge in [0.15, 0.2) is 6.20 Å². The van der Waals surface area contributed by atoms with Crippen molar-refractivity contribution in [3.63, 3.8) is 0 Å². The van der Waals surface area contributed by atoms with Crippen LogP contribution < -0.4 is 21.5 Å². The third-order valence-corrected chi connectivity index (χ3v) is 2.73. The molecule has 2 nitrogen and oxygen atoms in total. The first-order valence-corrected chi connectivity index (χ1v) is 4.83. The quantitative estimate of drug-likeness (QED) is 0.651. The fourth-order valence-corrected chi connectivity index (χ4v) is 1.87. The monoisotopic (exact) mass is 251 g/mol. The zero-order valence-electron chi connectivity index (χ0n) is 7.33. The second kappa shape index (κ2) is 5.67. The van der Waals surface area contributed by atoms with Gasteiger partial charge in [0.25, 0.3) is 6.23 Å². The molecule has 0 aromatic carbocycles. The molecular formula is C8H14BrNOS. The van der Waals surface area contributed by atoms with Crippen molar-refractivity contribution in [1.82, 2.24) is 0 Å². The number of thiazole rings is 1. The van der Waals surface area contributed by atoms with Crippen LogP contribution in [0.25, 0.3) is 0 Å². The number of aryl methyl sites for hydroxylation is 1. The normalized spacial score (nSPS) is 12.2. The van der Waals surface area contributed by atoms with Crippen LogP contribution in [-0.2, 0) is 6.42 Å². The summed E-state index contributed by atoms with van der Waals surface area (Å²) in [6, 6.07) is 0. The number of halogens is 1. The molecule has 0 spiro atoms. The van der Waals surface area contributed by atoms with Gasteiger partial charge in [0, 0.05) is 12.8 Å². The van der Waals surface area contributed by atoms with Crippen molar-refractivity contribution in [2.24, 2.45) is 0 Å². The van der Waals surface area contributed by atoms with E-state index >= 15 is 0 Å². The minimum absolute atomic E-state index is 0. The first-order chi connectivity index (χ1) is 5.29. The Hall–Kier alpha value is 0.0700. The van der Waals surface area contributed by atoms with Gasteiger partial charge in [-0.1, -0.05) is 25.2 Å². The predicted octanol–water partition coefficient (Wildman–Crippen LogP) is -1.50. The molecule has 0 aliphatic heterocycles. The van der Waals surface area contributed by atoms with E-state index in [1.807, 2.05) is 23.1 Å². The number of nitrogens with zero attached hydrogens (tertiary/aromatic N) is 1. The Morgan fingerprint density at radius 1 is 1.58 bits per heavy atom. The van der Waals surface area contributed by atoms with Crippen LogP contribution in [0.5, 0.6) is 0 Å². The Labute approximate surface area is 87.6 Å². The lowest BCUT2D eigenvalue weighted by Crippen LogP contribution is -3.00. The number of aliphatic hydroxyl groups excluding tert-OH is 1. The zero-order valence-corrected chi connectivity index (χ0v) is 9.73. The molecule has 1 atom stereocenters. The minimum atomic E-state index is -0.337. The summed E-state index contributed by atoms with van der Waals surface area (Å²) in [6.45, 7) is 4.08. The van der Waals surface area contributed by atoms with Crippen molar-refractivity contribution in [3.05, 3.63) is 16.6 Å². The van der Waals surface area contributed by atoms with E-state index in [2.05, 4.69) is 6.92 Å². The highest BCUT2D eigenvalue weighted by Gasteiger charge is 2.17. The van der Waals surface area contributed by atoms with Gasteiger partial charge in [0.2, 0.25) is 5.01 Å². The van der Waals surface area contributed by atoms with Crippen LogP contribution in [0, 0.1) is 0 Å². The lowest BCUT2D eigenvalue weighted by Gasteiger charge is -2.00. The molecule has 4 heteroatoms. The Balaban J connectivity index is 0.00000121. The van der Waals surface area contributed by atoms with Crippen LogP contribution in [0.15, 0.2) is 11.6 Å². The van der Waals surface area contributed by atoms with Crippen molar-refractivity contribution in [2.75, 3.05) is 0 Å². The molecule has 1 unspecified atom stereocenters. The Morgan fingerprint density at radius 2 is 2.25 bits per heavy atom. The van der Waals surface area contributed by atoms with Gasteiger partial charge in [-0.05, 0) is 0 Å². The maximum Gasteiger partial charge on any atom is 0.260 e. The summed E-state index contributed by atoms with van der Waals surface area (Å²) in [5, 5.41) is 12.7. The molecule has 0 radical (unpaired) electrons. The maximum absolute atomic E-state index is 9.50. The lowest BCUT2D eigenvalue weighted by atomic mass is 10.4. The number of aromatic nitrogens is 1. The Kier molecular flexibility index (Phi) is 5.70. The number of hydrogen-bond acceptors (Lipinski definition) is 2. The van der Waals surface area contributed by atoms with E-state index < -0.39 is 0 Å². The SMILES string of the molecule is CCc1scc[n+]1C(O)CC.[Br-]. The minimum Gasteiger partial charge on any atom is -1.00 e. The van der Waals surface area contributed by atoms with Crippen molar-refractivity contribution >= 4 is 11.3 Å². The first kappa shape index (κ1) is 12.1. The van der Waals surface area contributed by atoms with Gasteiger partial charge in [-0.15, -0.1) is 0 Å². The zero-order chi connectivity index (χ0) is 8.27. The van der Waals surface area contributed by atoms with Crippen LogP contribution in [0.1, 0.15) is 31.5 Å². The average molecular weight is 252 g/mol. The summed E-state index contributed by atoms with van der Waals surface area (Å²) in [4.78, 5) is 0. The molecule has 0 saturated heterocycles. The highest BCUT2D eigenvalue weighted by atomic mass is 79.9. The van der Waals surface area contributed by atoms with Gasteiger partial charge >= 0.3 is 0 Å². The van der Waals surface area contributed by atoms with Gasteiger partial charge in [-0.25, -0.2) is 0 Å². The summed E-state index contributed by atoms with van der Waals surface area (Å²) >= 11 is 1.70. The summed E-state index contributed by atoms with van der Waals surface area (Å²) < 4.78 is 1.94. The molecule has 0 amide bonds. The number of aliphatic hydroxyl groups is 1. The molecule has 0 saturated carbocycles. The van der Waals surface area contributed by atoms with E-state index in [4.69, 9.17) is 0 Å². The van der Waals surface area contributed by atoms with Crippen LogP contribution in [0.3, 0.4) is 0 Å². The Morgan fingerprint density at radius 3 is 2.75 bits per heavy atom. The molecule has 0 fully saturated rings. The summed E-state index contributed by atoms with van der Waals surface area (Å²) in [5.74, 6) is 0. The topological polar surface area (TPSA) is 24.1 Å².